The zero-order valence-corrected chi connectivity index (χ0v) is 20.1. The maximum Gasteiger partial charge on any atom is 0.372 e. The smallest absolute Gasteiger partial charge is 0.307 e. The van der Waals surface area contributed by atoms with E-state index >= 15 is 0 Å². The Morgan fingerprint density at radius 1 is 1.00 bits per heavy atom. The van der Waals surface area contributed by atoms with Crippen molar-refractivity contribution >= 4 is 26.7 Å². The number of benzene rings is 1. The lowest BCUT2D eigenvalue weighted by atomic mass is 10.0. The molecule has 0 N–H and O–H groups in total. The van der Waals surface area contributed by atoms with Crippen LogP contribution in [0.15, 0.2) is 34.5 Å². The van der Waals surface area contributed by atoms with Gasteiger partial charge < -0.3 is 18.1 Å². The Morgan fingerprint density at radius 2 is 1.44 bits per heavy atom. The molecule has 0 radical (unpaired) electrons. The molecule has 1 aromatic carbocycles. The monoisotopic (exact) mass is 491 g/mol. The van der Waals surface area contributed by atoms with Gasteiger partial charge in [0.15, 0.2) is 5.78 Å². The van der Waals surface area contributed by atoms with Crippen LogP contribution in [0.25, 0.3) is 0 Å². The number of Topliss-reactive ketones (excluding diaryl/α,β-unsaturated/α-hetero) is 1. The van der Waals surface area contributed by atoms with Gasteiger partial charge >= 0.3 is 15.2 Å². The molecule has 1 heterocycles. The second-order valence-electron chi connectivity index (χ2n) is 6.54. The predicted molar refractivity (Wildman–Crippen MR) is 115 cm³/mol. The standard InChI is InChI=1S/C18H27N3O9P2/c1-5-27-31(25,28-6-2)18(32(26,29-7-3)30-8-4)13-16(19-20-18)17(22)14-9-11-15(12-10-14)21(23)24/h9-12,16H,5-8,13H2,1-4H3. The van der Waals surface area contributed by atoms with Crippen LogP contribution >= 0.6 is 15.2 Å². The van der Waals surface area contributed by atoms with Crippen molar-refractivity contribution in [2.45, 2.75) is 45.2 Å². The van der Waals surface area contributed by atoms with Crippen LogP contribution < -0.4 is 0 Å². The zero-order chi connectivity index (χ0) is 24.0. The highest BCUT2D eigenvalue weighted by atomic mass is 31.2. The highest BCUT2D eigenvalue weighted by Gasteiger charge is 2.69. The lowest BCUT2D eigenvalue weighted by Gasteiger charge is -2.36. The van der Waals surface area contributed by atoms with Crippen molar-refractivity contribution < 1.29 is 36.9 Å². The molecule has 0 aliphatic carbocycles. The van der Waals surface area contributed by atoms with Crippen molar-refractivity contribution in [1.82, 2.24) is 0 Å². The Bertz CT molecular complexity index is 902. The van der Waals surface area contributed by atoms with Crippen LogP contribution in [0.4, 0.5) is 5.69 Å². The molecule has 1 aliphatic rings. The Hall–Kier alpha value is -1.81. The summed E-state index contributed by atoms with van der Waals surface area (Å²) in [4.78, 5) is 23.3. The number of rotatable bonds is 13. The second kappa shape index (κ2) is 10.9. The number of azo groups is 1. The van der Waals surface area contributed by atoms with Crippen molar-refractivity contribution in [3.8, 4) is 0 Å². The summed E-state index contributed by atoms with van der Waals surface area (Å²) in [6, 6.07) is 3.74. The summed E-state index contributed by atoms with van der Waals surface area (Å²) in [6.45, 7) is 6.13. The number of non-ortho nitro benzene ring substituents is 1. The minimum absolute atomic E-state index is 0.0479. The molecule has 1 atom stereocenters. The third-order valence-corrected chi connectivity index (χ3v) is 10.7. The summed E-state index contributed by atoms with van der Waals surface area (Å²) in [5, 5.41) is 16.7. The van der Waals surface area contributed by atoms with Crippen LogP contribution in [-0.2, 0) is 27.2 Å². The summed E-state index contributed by atoms with van der Waals surface area (Å²) in [5.74, 6) is -0.551. The minimum Gasteiger partial charge on any atom is -0.307 e. The normalized spacial score (nSPS) is 18.1. The van der Waals surface area contributed by atoms with Gasteiger partial charge in [0.05, 0.1) is 31.4 Å². The molecular weight excluding hydrogens is 464 g/mol. The number of nitro benzene ring substituents is 1. The molecule has 0 aromatic heterocycles. The quantitative estimate of drug-likeness (QED) is 0.157. The molecule has 0 saturated carbocycles. The van der Waals surface area contributed by atoms with Gasteiger partial charge in [-0.1, -0.05) is 0 Å². The number of ketones is 1. The lowest BCUT2D eigenvalue weighted by molar-refractivity contribution is -0.384. The fourth-order valence-corrected chi connectivity index (χ4v) is 8.58. The topological polar surface area (TPSA) is 156 Å². The number of hydrogen-bond donors (Lipinski definition) is 0. The van der Waals surface area contributed by atoms with E-state index in [4.69, 9.17) is 18.1 Å². The molecule has 0 bridgehead atoms. The van der Waals surface area contributed by atoms with Crippen molar-refractivity contribution in [1.29, 1.82) is 0 Å². The third-order valence-electron chi connectivity index (χ3n) is 4.56. The Morgan fingerprint density at radius 3 is 1.81 bits per heavy atom. The lowest BCUT2D eigenvalue weighted by Crippen LogP contribution is -2.33. The maximum absolute atomic E-state index is 13.8. The molecule has 12 nitrogen and oxygen atoms in total. The van der Waals surface area contributed by atoms with Gasteiger partial charge in [-0.2, -0.15) is 10.2 Å². The van der Waals surface area contributed by atoms with Gasteiger partial charge in [0.25, 0.3) is 10.7 Å². The molecular formula is C18H27N3O9P2. The van der Waals surface area contributed by atoms with E-state index in [1.54, 1.807) is 27.7 Å². The van der Waals surface area contributed by atoms with Crippen molar-refractivity contribution in [2.24, 2.45) is 10.2 Å². The molecule has 0 spiro atoms. The number of carbonyl (C=O) groups is 1. The highest BCUT2D eigenvalue weighted by molar-refractivity contribution is 7.74. The van der Waals surface area contributed by atoms with Gasteiger partial charge in [-0.05, 0) is 39.8 Å². The molecule has 32 heavy (non-hydrogen) atoms. The summed E-state index contributed by atoms with van der Waals surface area (Å²) < 4.78 is 49.4. The van der Waals surface area contributed by atoms with E-state index in [1.807, 2.05) is 0 Å². The number of hydrogen-bond acceptors (Lipinski definition) is 11. The van der Waals surface area contributed by atoms with E-state index in [0.717, 1.165) is 0 Å². The zero-order valence-electron chi connectivity index (χ0n) is 18.3. The van der Waals surface area contributed by atoms with Crippen LogP contribution in [0.3, 0.4) is 0 Å². The highest BCUT2D eigenvalue weighted by Crippen LogP contribution is 2.81. The fraction of sp³-hybridized carbons (Fsp3) is 0.611. The molecule has 1 aromatic rings. The van der Waals surface area contributed by atoms with Crippen LogP contribution in [-0.4, -0.2) is 48.2 Å². The van der Waals surface area contributed by atoms with E-state index < -0.39 is 43.4 Å². The van der Waals surface area contributed by atoms with Gasteiger partial charge in [0, 0.05) is 24.1 Å². The molecule has 1 aliphatic heterocycles. The third kappa shape index (κ3) is 4.90. The van der Waals surface area contributed by atoms with E-state index in [9.17, 15) is 24.0 Å². The largest absolute Gasteiger partial charge is 0.372 e. The Balaban J connectivity index is 2.52. The fourth-order valence-electron chi connectivity index (χ4n) is 3.24. The Labute approximate surface area is 185 Å². The van der Waals surface area contributed by atoms with E-state index in [2.05, 4.69) is 10.2 Å². The van der Waals surface area contributed by atoms with Gasteiger partial charge in [-0.25, -0.2) is 0 Å². The molecule has 0 amide bonds. The molecule has 0 fully saturated rings. The van der Waals surface area contributed by atoms with Crippen LogP contribution in [0.1, 0.15) is 44.5 Å². The summed E-state index contributed by atoms with van der Waals surface area (Å²) >= 11 is 0. The van der Waals surface area contributed by atoms with Crippen molar-refractivity contribution in [3.05, 3.63) is 39.9 Å². The average Bonchev–Trinajstić information content (AvgIpc) is 3.22. The molecule has 178 valence electrons. The van der Waals surface area contributed by atoms with Gasteiger partial charge in [0.1, 0.15) is 6.04 Å². The van der Waals surface area contributed by atoms with Crippen LogP contribution in [0.5, 0.6) is 0 Å². The molecule has 14 heteroatoms. The average molecular weight is 491 g/mol. The van der Waals surface area contributed by atoms with Crippen LogP contribution in [0.2, 0.25) is 0 Å². The van der Waals surface area contributed by atoms with E-state index in [-0.39, 0.29) is 37.7 Å². The van der Waals surface area contributed by atoms with Crippen molar-refractivity contribution in [3.63, 3.8) is 0 Å². The first kappa shape index (κ1) is 26.4. The first-order chi connectivity index (χ1) is 15.1. The van der Waals surface area contributed by atoms with Gasteiger partial charge in [-0.3, -0.25) is 24.0 Å². The Kier molecular flexibility index (Phi) is 8.98. The van der Waals surface area contributed by atoms with Gasteiger partial charge in [0.2, 0.25) is 0 Å². The summed E-state index contributed by atoms with van der Waals surface area (Å²) in [7, 11) is -8.57. The minimum atomic E-state index is -4.28. The summed E-state index contributed by atoms with van der Waals surface area (Å²) in [5.41, 5.74) is -0.0565. The van der Waals surface area contributed by atoms with E-state index in [0.29, 0.717) is 0 Å². The van der Waals surface area contributed by atoms with Crippen molar-refractivity contribution in [2.75, 3.05) is 26.4 Å². The van der Waals surface area contributed by atoms with Crippen LogP contribution in [0, 0.1) is 10.1 Å². The molecule has 0 saturated heterocycles. The first-order valence-corrected chi connectivity index (χ1v) is 13.2. The SMILES string of the molecule is CCOP(=O)(OCC)C1(P(=O)(OCC)OCC)CC(C(=O)c2ccc([N+](=O)[O-])cc2)N=N1. The number of nitrogens with zero attached hydrogens (tertiary/aromatic N) is 3. The van der Waals surface area contributed by atoms with Gasteiger partial charge in [-0.15, -0.1) is 0 Å². The molecule has 2 rings (SSSR count). The maximum atomic E-state index is 13.8. The van der Waals surface area contributed by atoms with E-state index in [1.165, 1.54) is 24.3 Å². The second-order valence-corrected chi connectivity index (χ2v) is 11.4. The number of nitro groups is 1. The molecule has 1 unspecified atom stereocenters. The summed E-state index contributed by atoms with van der Waals surface area (Å²) in [6.07, 6.45) is -0.405. The number of carbonyl (C=O) groups excluding carboxylic acids is 1. The predicted octanol–water partition coefficient (Wildman–Crippen LogP) is 5.19. The first-order valence-electron chi connectivity index (χ1n) is 10.1.